The van der Waals surface area contributed by atoms with E-state index in [1.54, 1.807) is 12.1 Å². The summed E-state index contributed by atoms with van der Waals surface area (Å²) in [6.45, 7) is 6.04. The zero-order valence-corrected chi connectivity index (χ0v) is 18.5. The lowest BCUT2D eigenvalue weighted by Crippen LogP contribution is -2.58. The molecule has 2 heterocycles. The minimum Gasteiger partial charge on any atom is -0.465 e. The fourth-order valence-electron chi connectivity index (χ4n) is 3.70. The summed E-state index contributed by atoms with van der Waals surface area (Å²) in [7, 11) is 1.27. The fourth-order valence-corrected chi connectivity index (χ4v) is 3.85. The Hall–Kier alpha value is -2.71. The van der Waals surface area contributed by atoms with Crippen LogP contribution in [0.2, 0.25) is 5.02 Å². The molecule has 1 aliphatic heterocycles. The lowest BCUT2D eigenvalue weighted by atomic mass is 10.1. The van der Waals surface area contributed by atoms with E-state index < -0.39 is 5.97 Å². The molecule has 0 bridgehead atoms. The number of esters is 1. The summed E-state index contributed by atoms with van der Waals surface area (Å²) in [5, 5.41) is 3.24. The smallest absolute Gasteiger partial charge is 0.341 e. The average Bonchev–Trinajstić information content (AvgIpc) is 2.75. The molecule has 0 aliphatic carbocycles. The van der Waals surface area contributed by atoms with Crippen molar-refractivity contribution in [1.29, 1.82) is 0 Å². The molecular weight excluding hydrogens is 423 g/mol. The standard InChI is InChI=1S/C22H26ClFN4O3/c1-14-12-28(15(2)11-27(14)13-16-4-6-18(24)7-5-16)20(29)10-26-21-19(22(30)31-3)8-17(23)9-25-21/h4-9,14-15H,10-13H2,1-3H3,(H,25,26)/t14-,15+/m0/s1. The normalized spacial score (nSPS) is 19.2. The molecule has 3 rings (SSSR count). The highest BCUT2D eigenvalue weighted by molar-refractivity contribution is 6.30. The molecule has 1 saturated heterocycles. The number of pyridine rings is 1. The van der Waals surface area contributed by atoms with E-state index in [1.807, 2.05) is 11.8 Å². The summed E-state index contributed by atoms with van der Waals surface area (Å²) in [6, 6.07) is 8.09. The predicted octanol–water partition coefficient (Wildman–Crippen LogP) is 3.19. The van der Waals surface area contributed by atoms with Crippen molar-refractivity contribution in [2.45, 2.75) is 32.5 Å². The van der Waals surface area contributed by atoms with Crippen molar-refractivity contribution >= 4 is 29.3 Å². The number of nitrogens with zero attached hydrogens (tertiary/aromatic N) is 3. The Morgan fingerprint density at radius 1 is 1.23 bits per heavy atom. The van der Waals surface area contributed by atoms with Gasteiger partial charge < -0.3 is 15.0 Å². The number of hydrogen-bond donors (Lipinski definition) is 1. The zero-order valence-electron chi connectivity index (χ0n) is 17.8. The number of rotatable bonds is 6. The van der Waals surface area contributed by atoms with Crippen LogP contribution in [0.1, 0.15) is 29.8 Å². The quantitative estimate of drug-likeness (QED) is 0.684. The molecule has 1 aliphatic rings. The highest BCUT2D eigenvalue weighted by Crippen LogP contribution is 2.21. The molecule has 1 N–H and O–H groups in total. The van der Waals surface area contributed by atoms with Gasteiger partial charge in [-0.1, -0.05) is 23.7 Å². The number of benzene rings is 1. The third-order valence-corrected chi connectivity index (χ3v) is 5.61. The highest BCUT2D eigenvalue weighted by atomic mass is 35.5. The molecule has 166 valence electrons. The van der Waals surface area contributed by atoms with Crippen LogP contribution in [-0.4, -0.2) is 65.5 Å². The number of methoxy groups -OCH3 is 1. The van der Waals surface area contributed by atoms with E-state index in [0.717, 1.165) is 5.56 Å². The molecule has 0 spiro atoms. The Bertz CT molecular complexity index is 941. The Morgan fingerprint density at radius 3 is 2.61 bits per heavy atom. The Morgan fingerprint density at radius 2 is 1.94 bits per heavy atom. The first-order chi connectivity index (χ1) is 14.8. The largest absolute Gasteiger partial charge is 0.465 e. The third-order valence-electron chi connectivity index (χ3n) is 5.40. The first-order valence-electron chi connectivity index (χ1n) is 10.0. The van der Waals surface area contributed by atoms with E-state index >= 15 is 0 Å². The summed E-state index contributed by atoms with van der Waals surface area (Å²) in [5.74, 6) is -0.673. The van der Waals surface area contributed by atoms with Crippen LogP contribution in [0.5, 0.6) is 0 Å². The summed E-state index contributed by atoms with van der Waals surface area (Å²) in [4.78, 5) is 33.1. The molecule has 7 nitrogen and oxygen atoms in total. The molecule has 9 heteroatoms. The second-order valence-electron chi connectivity index (χ2n) is 7.69. The van der Waals surface area contributed by atoms with Gasteiger partial charge in [0.25, 0.3) is 0 Å². The van der Waals surface area contributed by atoms with Gasteiger partial charge in [0, 0.05) is 37.9 Å². The Kier molecular flexibility index (Phi) is 7.46. The van der Waals surface area contributed by atoms with Crippen LogP contribution < -0.4 is 5.32 Å². The van der Waals surface area contributed by atoms with Gasteiger partial charge in [-0.05, 0) is 37.6 Å². The van der Waals surface area contributed by atoms with Crippen LogP contribution in [0.15, 0.2) is 36.5 Å². The first-order valence-corrected chi connectivity index (χ1v) is 10.4. The molecule has 1 amide bonds. The number of ether oxygens (including phenoxy) is 1. The first kappa shape index (κ1) is 23.0. The average molecular weight is 449 g/mol. The van der Waals surface area contributed by atoms with Crippen LogP contribution in [0.25, 0.3) is 0 Å². The third kappa shape index (κ3) is 5.71. The second kappa shape index (κ2) is 10.1. The minimum atomic E-state index is -0.582. The van der Waals surface area contributed by atoms with Gasteiger partial charge in [0.1, 0.15) is 17.2 Å². The van der Waals surface area contributed by atoms with Gasteiger partial charge in [-0.15, -0.1) is 0 Å². The Labute approximate surface area is 186 Å². The lowest BCUT2D eigenvalue weighted by Gasteiger charge is -2.44. The van der Waals surface area contributed by atoms with Crippen molar-refractivity contribution in [3.05, 3.63) is 58.5 Å². The van der Waals surface area contributed by atoms with Crippen molar-refractivity contribution in [2.75, 3.05) is 32.1 Å². The monoisotopic (exact) mass is 448 g/mol. The number of anilines is 1. The van der Waals surface area contributed by atoms with Gasteiger partial charge in [-0.2, -0.15) is 0 Å². The number of aromatic nitrogens is 1. The summed E-state index contributed by atoms with van der Waals surface area (Å²) in [6.07, 6.45) is 1.40. The summed E-state index contributed by atoms with van der Waals surface area (Å²) < 4.78 is 17.9. The lowest BCUT2D eigenvalue weighted by molar-refractivity contribution is -0.135. The van der Waals surface area contributed by atoms with E-state index in [1.165, 1.54) is 31.5 Å². The van der Waals surface area contributed by atoms with Crippen molar-refractivity contribution in [3.63, 3.8) is 0 Å². The molecule has 0 saturated carbocycles. The number of amides is 1. The van der Waals surface area contributed by atoms with Crippen molar-refractivity contribution in [1.82, 2.24) is 14.8 Å². The molecule has 0 radical (unpaired) electrons. The number of halogens is 2. The van der Waals surface area contributed by atoms with E-state index in [9.17, 15) is 14.0 Å². The van der Waals surface area contributed by atoms with E-state index in [0.29, 0.717) is 24.7 Å². The number of piperazine rings is 1. The molecule has 1 aromatic carbocycles. The number of hydrogen-bond acceptors (Lipinski definition) is 6. The van der Waals surface area contributed by atoms with Crippen molar-refractivity contribution in [3.8, 4) is 0 Å². The van der Waals surface area contributed by atoms with Crippen molar-refractivity contribution < 1.29 is 18.7 Å². The van der Waals surface area contributed by atoms with E-state index in [4.69, 9.17) is 16.3 Å². The topological polar surface area (TPSA) is 74.8 Å². The fraction of sp³-hybridized carbons (Fsp3) is 0.409. The van der Waals surface area contributed by atoms with Crippen LogP contribution in [0, 0.1) is 5.82 Å². The number of carbonyl (C=O) groups excluding carboxylic acids is 2. The maximum atomic E-state index is 13.1. The van der Waals surface area contributed by atoms with Gasteiger partial charge in [-0.3, -0.25) is 9.69 Å². The molecule has 31 heavy (non-hydrogen) atoms. The van der Waals surface area contributed by atoms with Crippen LogP contribution >= 0.6 is 11.6 Å². The van der Waals surface area contributed by atoms with Gasteiger partial charge in [0.05, 0.1) is 18.7 Å². The molecule has 1 aromatic heterocycles. The predicted molar refractivity (Wildman–Crippen MR) is 117 cm³/mol. The van der Waals surface area contributed by atoms with Crippen molar-refractivity contribution in [2.24, 2.45) is 0 Å². The molecule has 2 atom stereocenters. The second-order valence-corrected chi connectivity index (χ2v) is 8.13. The van der Waals surface area contributed by atoms with Gasteiger partial charge >= 0.3 is 5.97 Å². The zero-order chi connectivity index (χ0) is 22.5. The van der Waals surface area contributed by atoms with Gasteiger partial charge in [0.2, 0.25) is 5.91 Å². The summed E-state index contributed by atoms with van der Waals surface area (Å²) in [5.41, 5.74) is 1.21. The molecule has 2 aromatic rings. The number of nitrogens with one attached hydrogen (secondary N) is 1. The maximum Gasteiger partial charge on any atom is 0.341 e. The van der Waals surface area contributed by atoms with Gasteiger partial charge in [-0.25, -0.2) is 14.2 Å². The molecular formula is C22H26ClFN4O3. The summed E-state index contributed by atoms with van der Waals surface area (Å²) >= 11 is 5.92. The van der Waals surface area contributed by atoms with E-state index in [2.05, 4.69) is 22.1 Å². The highest BCUT2D eigenvalue weighted by Gasteiger charge is 2.32. The van der Waals surface area contributed by atoms with Gasteiger partial charge in [0.15, 0.2) is 0 Å². The Balaban J connectivity index is 1.61. The minimum absolute atomic E-state index is 0.00389. The van der Waals surface area contributed by atoms with E-state index in [-0.39, 0.29) is 41.7 Å². The molecule has 0 unspecified atom stereocenters. The van der Waals surface area contributed by atoms with Crippen LogP contribution in [0.4, 0.5) is 10.2 Å². The van der Waals surface area contributed by atoms with Crippen LogP contribution in [-0.2, 0) is 16.1 Å². The maximum absolute atomic E-state index is 13.1. The number of carbonyl (C=O) groups is 2. The SMILES string of the molecule is COC(=O)c1cc(Cl)cnc1NCC(=O)N1C[C@H](C)N(Cc2ccc(F)cc2)C[C@H]1C. The van der Waals surface area contributed by atoms with Crippen LogP contribution in [0.3, 0.4) is 0 Å². The molecule has 1 fully saturated rings.